The molecule has 110 valence electrons. The van der Waals surface area contributed by atoms with Crippen LogP contribution in [0, 0.1) is 5.92 Å². The minimum atomic E-state index is 0.0625. The van der Waals surface area contributed by atoms with Gasteiger partial charge in [0.15, 0.2) is 0 Å². The first-order valence-corrected chi connectivity index (χ1v) is 7.55. The first-order valence-electron chi connectivity index (χ1n) is 7.55. The lowest BCUT2D eigenvalue weighted by atomic mass is 10.2. The number of carbonyl (C=O) groups is 1. The third-order valence-electron chi connectivity index (χ3n) is 3.58. The van der Waals surface area contributed by atoms with E-state index < -0.39 is 0 Å². The molecular weight excluding hydrogens is 250 g/mol. The lowest BCUT2D eigenvalue weighted by Gasteiger charge is -2.21. The first-order chi connectivity index (χ1) is 9.67. The molecule has 0 heterocycles. The number of nitrogen functional groups attached to an aromatic ring is 1. The fourth-order valence-corrected chi connectivity index (χ4v) is 2.38. The minimum Gasteiger partial charge on any atom is -0.399 e. The van der Waals surface area contributed by atoms with Crippen molar-refractivity contribution < 1.29 is 4.79 Å². The van der Waals surface area contributed by atoms with E-state index in [2.05, 4.69) is 17.1 Å². The number of nitrogens with one attached hydrogen (secondary N) is 1. The third-order valence-corrected chi connectivity index (χ3v) is 3.58. The highest BCUT2D eigenvalue weighted by molar-refractivity contribution is 5.91. The van der Waals surface area contributed by atoms with Gasteiger partial charge in [0.2, 0.25) is 5.91 Å². The normalized spacial score (nSPS) is 14.5. The molecule has 0 radical (unpaired) electrons. The van der Waals surface area contributed by atoms with E-state index in [-0.39, 0.29) is 5.91 Å². The number of hydrogen-bond acceptors (Lipinski definition) is 3. The van der Waals surface area contributed by atoms with Crippen molar-refractivity contribution in [2.24, 2.45) is 5.92 Å². The van der Waals surface area contributed by atoms with Crippen LogP contribution in [-0.2, 0) is 4.79 Å². The van der Waals surface area contributed by atoms with Gasteiger partial charge in [0.25, 0.3) is 0 Å². The van der Waals surface area contributed by atoms with Gasteiger partial charge < -0.3 is 16.0 Å². The predicted octanol–water partition coefficient (Wildman–Crippen LogP) is 2.72. The van der Waals surface area contributed by atoms with E-state index in [4.69, 9.17) is 5.73 Å². The van der Waals surface area contributed by atoms with Gasteiger partial charge in [-0.1, -0.05) is 13.0 Å². The first kappa shape index (κ1) is 14.9. The van der Waals surface area contributed by atoms with Crippen LogP contribution in [-0.4, -0.2) is 30.4 Å². The Kier molecular flexibility index (Phi) is 5.41. The van der Waals surface area contributed by atoms with Gasteiger partial charge in [-0.2, -0.15) is 0 Å². The Morgan fingerprint density at radius 3 is 2.85 bits per heavy atom. The van der Waals surface area contributed by atoms with Gasteiger partial charge in [-0.25, -0.2) is 0 Å². The van der Waals surface area contributed by atoms with Gasteiger partial charge in [-0.15, -0.1) is 0 Å². The van der Waals surface area contributed by atoms with E-state index in [0.29, 0.717) is 12.1 Å². The molecule has 0 spiro atoms. The van der Waals surface area contributed by atoms with E-state index in [1.807, 2.05) is 18.2 Å². The standard InChI is InChI=1S/C16H25N3O/c1-2-9-19(12-13-6-7-13)10-8-16(20)18-15-5-3-4-14(17)11-15/h3-5,11,13H,2,6-10,12,17H2,1H3,(H,18,20). The molecule has 4 nitrogen and oxygen atoms in total. The molecule has 0 saturated heterocycles. The lowest BCUT2D eigenvalue weighted by molar-refractivity contribution is -0.116. The van der Waals surface area contributed by atoms with Gasteiger partial charge in [0, 0.05) is 30.9 Å². The van der Waals surface area contributed by atoms with Crippen LogP contribution < -0.4 is 11.1 Å². The van der Waals surface area contributed by atoms with Crippen LogP contribution in [0.15, 0.2) is 24.3 Å². The Balaban J connectivity index is 1.75. The summed E-state index contributed by atoms with van der Waals surface area (Å²) in [5.74, 6) is 0.936. The summed E-state index contributed by atoms with van der Waals surface area (Å²) in [6.45, 7) is 5.27. The van der Waals surface area contributed by atoms with E-state index in [1.54, 1.807) is 6.07 Å². The van der Waals surface area contributed by atoms with Crippen molar-refractivity contribution in [1.29, 1.82) is 0 Å². The van der Waals surface area contributed by atoms with Crippen LogP contribution >= 0.6 is 0 Å². The summed E-state index contributed by atoms with van der Waals surface area (Å²) in [6, 6.07) is 7.31. The summed E-state index contributed by atoms with van der Waals surface area (Å²) in [5, 5.41) is 2.90. The largest absolute Gasteiger partial charge is 0.399 e. The van der Waals surface area contributed by atoms with Gasteiger partial charge in [0.1, 0.15) is 0 Å². The number of anilines is 2. The zero-order valence-corrected chi connectivity index (χ0v) is 12.3. The zero-order chi connectivity index (χ0) is 14.4. The Bertz CT molecular complexity index is 443. The fraction of sp³-hybridized carbons (Fsp3) is 0.562. The van der Waals surface area contributed by atoms with E-state index in [0.717, 1.165) is 37.7 Å². The molecular formula is C16H25N3O. The highest BCUT2D eigenvalue weighted by Crippen LogP contribution is 2.29. The maximum Gasteiger partial charge on any atom is 0.225 e. The molecule has 4 heteroatoms. The Labute approximate surface area is 121 Å². The number of nitrogens with two attached hydrogens (primary N) is 1. The molecule has 1 aliphatic carbocycles. The molecule has 0 atom stereocenters. The number of benzene rings is 1. The second kappa shape index (κ2) is 7.29. The third kappa shape index (κ3) is 5.21. The molecule has 1 amide bonds. The summed E-state index contributed by atoms with van der Waals surface area (Å²) in [6.07, 6.45) is 4.40. The molecule has 1 saturated carbocycles. The summed E-state index contributed by atoms with van der Waals surface area (Å²) in [4.78, 5) is 14.4. The average Bonchev–Trinajstić information content (AvgIpc) is 3.20. The van der Waals surface area contributed by atoms with Gasteiger partial charge in [-0.05, 0) is 49.9 Å². The van der Waals surface area contributed by atoms with Crippen molar-refractivity contribution >= 4 is 17.3 Å². The van der Waals surface area contributed by atoms with Crippen molar-refractivity contribution in [3.63, 3.8) is 0 Å². The van der Waals surface area contributed by atoms with Crippen molar-refractivity contribution in [1.82, 2.24) is 4.90 Å². The van der Waals surface area contributed by atoms with Crippen molar-refractivity contribution in [3.05, 3.63) is 24.3 Å². The maximum atomic E-state index is 12.0. The fourth-order valence-electron chi connectivity index (χ4n) is 2.38. The Morgan fingerprint density at radius 2 is 2.20 bits per heavy atom. The van der Waals surface area contributed by atoms with Gasteiger partial charge in [0.05, 0.1) is 0 Å². The highest BCUT2D eigenvalue weighted by Gasteiger charge is 2.24. The molecule has 0 unspecified atom stereocenters. The average molecular weight is 275 g/mol. The van der Waals surface area contributed by atoms with Crippen molar-refractivity contribution in [2.75, 3.05) is 30.7 Å². The number of carbonyl (C=O) groups excluding carboxylic acids is 1. The molecule has 1 aromatic carbocycles. The van der Waals surface area contributed by atoms with Crippen molar-refractivity contribution in [2.45, 2.75) is 32.6 Å². The summed E-state index contributed by atoms with van der Waals surface area (Å²) in [5.41, 5.74) is 7.15. The van der Waals surface area contributed by atoms with Crippen LogP contribution in [0.5, 0.6) is 0 Å². The molecule has 0 aromatic heterocycles. The highest BCUT2D eigenvalue weighted by atomic mass is 16.1. The Morgan fingerprint density at radius 1 is 1.40 bits per heavy atom. The summed E-state index contributed by atoms with van der Waals surface area (Å²) in [7, 11) is 0. The molecule has 1 fully saturated rings. The van der Waals surface area contributed by atoms with E-state index in [9.17, 15) is 4.79 Å². The van der Waals surface area contributed by atoms with E-state index >= 15 is 0 Å². The maximum absolute atomic E-state index is 12.0. The van der Waals surface area contributed by atoms with E-state index in [1.165, 1.54) is 12.8 Å². The zero-order valence-electron chi connectivity index (χ0n) is 12.3. The quantitative estimate of drug-likeness (QED) is 0.717. The number of rotatable bonds is 8. The monoisotopic (exact) mass is 275 g/mol. The molecule has 0 bridgehead atoms. The van der Waals surface area contributed by atoms with Crippen LogP contribution in [0.25, 0.3) is 0 Å². The van der Waals surface area contributed by atoms with Gasteiger partial charge in [-0.3, -0.25) is 4.79 Å². The molecule has 20 heavy (non-hydrogen) atoms. The molecule has 0 aliphatic heterocycles. The second-order valence-electron chi connectivity index (χ2n) is 5.67. The van der Waals surface area contributed by atoms with Crippen molar-refractivity contribution in [3.8, 4) is 0 Å². The summed E-state index contributed by atoms with van der Waals surface area (Å²) < 4.78 is 0. The SMILES string of the molecule is CCCN(CCC(=O)Nc1cccc(N)c1)CC1CC1. The Hall–Kier alpha value is -1.55. The predicted molar refractivity (Wildman–Crippen MR) is 83.6 cm³/mol. The topological polar surface area (TPSA) is 58.4 Å². The van der Waals surface area contributed by atoms with Crippen LogP contribution in [0.3, 0.4) is 0 Å². The summed E-state index contributed by atoms with van der Waals surface area (Å²) >= 11 is 0. The molecule has 1 aliphatic rings. The van der Waals surface area contributed by atoms with Crippen LogP contribution in [0.4, 0.5) is 11.4 Å². The molecule has 2 rings (SSSR count). The number of nitrogens with zero attached hydrogens (tertiary/aromatic N) is 1. The molecule has 3 N–H and O–H groups in total. The second-order valence-corrected chi connectivity index (χ2v) is 5.67. The molecule has 1 aromatic rings. The minimum absolute atomic E-state index is 0.0625. The van der Waals surface area contributed by atoms with Gasteiger partial charge >= 0.3 is 0 Å². The van der Waals surface area contributed by atoms with Crippen LogP contribution in [0.1, 0.15) is 32.6 Å². The number of amides is 1. The lowest BCUT2D eigenvalue weighted by Crippen LogP contribution is -2.30. The smallest absolute Gasteiger partial charge is 0.225 e. The number of hydrogen-bond donors (Lipinski definition) is 2. The van der Waals surface area contributed by atoms with Crippen LogP contribution in [0.2, 0.25) is 0 Å².